The van der Waals surface area contributed by atoms with Gasteiger partial charge in [-0.05, 0) is 33.1 Å². The third-order valence-electron chi connectivity index (χ3n) is 4.02. The predicted molar refractivity (Wildman–Crippen MR) is 106 cm³/mol. The molecule has 0 rings (SSSR count). The molecule has 0 saturated heterocycles. The maximum absolute atomic E-state index is 10.4. The number of Topliss-reactive ketones (excluding diaryl/α,β-unsaturated/α-hetero) is 1. The topological polar surface area (TPSA) is 83.8 Å². The summed E-state index contributed by atoms with van der Waals surface area (Å²) in [5.74, 6) is -0.599. The minimum Gasteiger partial charge on any atom is -0.466 e. The van der Waals surface area contributed by atoms with E-state index in [2.05, 4.69) is 18.6 Å². The van der Waals surface area contributed by atoms with Gasteiger partial charge in [0.15, 0.2) is 0 Å². The minimum atomic E-state index is -0.440. The molecule has 0 aliphatic rings. The van der Waals surface area contributed by atoms with E-state index in [1.165, 1.54) is 45.4 Å². The molecule has 0 aromatic heterocycles. The van der Waals surface area contributed by atoms with Crippen LogP contribution < -0.4 is 0 Å². The fraction of sp³-hybridized carbons (Fsp3) is 0.905. The summed E-state index contributed by atoms with van der Waals surface area (Å²) in [5, 5.41) is 19.5. The van der Waals surface area contributed by atoms with Crippen LogP contribution in [0.2, 0.25) is 0 Å². The molecule has 0 aromatic rings. The van der Waals surface area contributed by atoms with Gasteiger partial charge < -0.3 is 14.9 Å². The highest BCUT2D eigenvalue weighted by Gasteiger charge is 2.11. The summed E-state index contributed by atoms with van der Waals surface area (Å²) in [6.07, 6.45) is 11.2. The number of ether oxygens (including phenoxy) is 1. The van der Waals surface area contributed by atoms with Crippen molar-refractivity contribution >= 4 is 11.8 Å². The largest absolute Gasteiger partial charge is 0.466 e. The number of rotatable bonds is 15. The Bertz CT molecular complexity index is 314. The van der Waals surface area contributed by atoms with Gasteiger partial charge in [-0.1, -0.05) is 65.2 Å². The Morgan fingerprint density at radius 3 is 1.62 bits per heavy atom. The zero-order chi connectivity index (χ0) is 20.2. The van der Waals surface area contributed by atoms with Crippen molar-refractivity contribution in [3.63, 3.8) is 0 Å². The molecule has 0 bridgehead atoms. The number of esters is 1. The molecular weight excluding hydrogens is 332 g/mol. The van der Waals surface area contributed by atoms with Gasteiger partial charge in [-0.2, -0.15) is 0 Å². The van der Waals surface area contributed by atoms with Crippen LogP contribution >= 0.6 is 0 Å². The van der Waals surface area contributed by atoms with Gasteiger partial charge in [0.05, 0.1) is 18.8 Å². The molecule has 0 radical (unpaired) electrons. The molecule has 2 atom stereocenters. The van der Waals surface area contributed by atoms with Crippen LogP contribution in [-0.4, -0.2) is 40.8 Å². The summed E-state index contributed by atoms with van der Waals surface area (Å²) in [5.41, 5.74) is 0. The first-order valence-corrected chi connectivity index (χ1v) is 10.4. The maximum atomic E-state index is 10.4. The molecule has 0 amide bonds. The second kappa shape index (κ2) is 20.4. The van der Waals surface area contributed by atoms with Gasteiger partial charge in [-0.25, -0.2) is 0 Å². The first kappa shape index (κ1) is 27.3. The lowest BCUT2D eigenvalue weighted by Gasteiger charge is -2.15. The second-order valence-corrected chi connectivity index (χ2v) is 6.93. The zero-order valence-electron chi connectivity index (χ0n) is 17.5. The molecule has 2 N–H and O–H groups in total. The van der Waals surface area contributed by atoms with Gasteiger partial charge in [0.25, 0.3) is 0 Å². The SMILES string of the molecule is CCCCCCC(O)CC(O)CCCCCC.CCOC(=O)CC(C)=O. The van der Waals surface area contributed by atoms with E-state index < -0.39 is 5.97 Å². The Labute approximate surface area is 160 Å². The summed E-state index contributed by atoms with van der Waals surface area (Å²) < 4.78 is 4.49. The molecule has 0 heterocycles. The van der Waals surface area contributed by atoms with Gasteiger partial charge >= 0.3 is 5.97 Å². The predicted octanol–water partition coefficient (Wildman–Crippen LogP) is 4.57. The molecular formula is C21H42O5. The van der Waals surface area contributed by atoms with Crippen molar-refractivity contribution in [2.24, 2.45) is 0 Å². The number of aliphatic hydroxyl groups is 2. The van der Waals surface area contributed by atoms with E-state index in [4.69, 9.17) is 0 Å². The van der Waals surface area contributed by atoms with E-state index in [9.17, 15) is 19.8 Å². The summed E-state index contributed by atoms with van der Waals surface area (Å²) in [6, 6.07) is 0. The third kappa shape index (κ3) is 23.1. The van der Waals surface area contributed by atoms with E-state index in [1.807, 2.05) is 0 Å². The van der Waals surface area contributed by atoms with Crippen molar-refractivity contribution in [2.45, 2.75) is 117 Å². The van der Waals surface area contributed by atoms with E-state index in [1.54, 1.807) is 6.92 Å². The summed E-state index contributed by atoms with van der Waals surface area (Å²) in [7, 11) is 0. The monoisotopic (exact) mass is 374 g/mol. The molecule has 0 spiro atoms. The van der Waals surface area contributed by atoms with Gasteiger partial charge in [-0.15, -0.1) is 0 Å². The number of unbranched alkanes of at least 4 members (excludes halogenated alkanes) is 6. The summed E-state index contributed by atoms with van der Waals surface area (Å²) >= 11 is 0. The quantitative estimate of drug-likeness (QED) is 0.249. The maximum Gasteiger partial charge on any atom is 0.313 e. The van der Waals surface area contributed by atoms with Crippen LogP contribution in [0.25, 0.3) is 0 Å². The number of carbonyl (C=O) groups excluding carboxylic acids is 2. The number of aliphatic hydroxyl groups excluding tert-OH is 2. The zero-order valence-corrected chi connectivity index (χ0v) is 17.5. The number of hydrogen-bond acceptors (Lipinski definition) is 5. The fourth-order valence-corrected chi connectivity index (χ4v) is 2.58. The highest BCUT2D eigenvalue weighted by atomic mass is 16.5. The summed E-state index contributed by atoms with van der Waals surface area (Å²) in [6.45, 7) is 7.79. The molecule has 26 heavy (non-hydrogen) atoms. The Morgan fingerprint density at radius 1 is 0.808 bits per heavy atom. The number of carbonyl (C=O) groups is 2. The van der Waals surface area contributed by atoms with Crippen LogP contribution in [0.4, 0.5) is 0 Å². The lowest BCUT2D eigenvalue weighted by molar-refractivity contribution is -0.145. The van der Waals surface area contributed by atoms with Crippen molar-refractivity contribution in [1.82, 2.24) is 0 Å². The Hall–Kier alpha value is -0.940. The Balaban J connectivity index is 0. The standard InChI is InChI=1S/C15H32O2.C6H10O3/c1-3-5-7-9-11-14(16)13-15(17)12-10-8-6-4-2;1-3-9-6(8)4-5(2)7/h14-17H,3-13H2,1-2H3;3-4H2,1-2H3. The highest BCUT2D eigenvalue weighted by molar-refractivity contribution is 5.94. The van der Waals surface area contributed by atoms with E-state index in [0.29, 0.717) is 13.0 Å². The molecule has 0 aliphatic carbocycles. The van der Waals surface area contributed by atoms with E-state index in [-0.39, 0.29) is 24.4 Å². The van der Waals surface area contributed by atoms with Crippen LogP contribution in [-0.2, 0) is 14.3 Å². The Morgan fingerprint density at radius 2 is 1.27 bits per heavy atom. The van der Waals surface area contributed by atoms with Gasteiger partial charge in [-0.3, -0.25) is 9.59 Å². The van der Waals surface area contributed by atoms with Crippen LogP contribution in [0, 0.1) is 0 Å². The van der Waals surface area contributed by atoms with Crippen molar-refractivity contribution < 1.29 is 24.5 Å². The van der Waals surface area contributed by atoms with Gasteiger partial charge in [0, 0.05) is 0 Å². The molecule has 0 fully saturated rings. The first-order valence-electron chi connectivity index (χ1n) is 10.4. The number of hydrogen-bond donors (Lipinski definition) is 2. The normalized spacial score (nSPS) is 12.7. The molecule has 0 aliphatic heterocycles. The molecule has 156 valence electrons. The van der Waals surface area contributed by atoms with Crippen LogP contribution in [0.5, 0.6) is 0 Å². The van der Waals surface area contributed by atoms with Crippen molar-refractivity contribution in [2.75, 3.05) is 6.61 Å². The lowest BCUT2D eigenvalue weighted by atomic mass is 10.0. The molecule has 5 nitrogen and oxygen atoms in total. The van der Waals surface area contributed by atoms with Crippen LogP contribution in [0.3, 0.4) is 0 Å². The summed E-state index contributed by atoms with van der Waals surface area (Å²) in [4.78, 5) is 20.6. The molecule has 0 aromatic carbocycles. The van der Waals surface area contributed by atoms with Crippen LogP contribution in [0.1, 0.15) is 105 Å². The van der Waals surface area contributed by atoms with E-state index in [0.717, 1.165) is 25.7 Å². The fourth-order valence-electron chi connectivity index (χ4n) is 2.58. The van der Waals surface area contributed by atoms with Crippen molar-refractivity contribution in [3.8, 4) is 0 Å². The van der Waals surface area contributed by atoms with Gasteiger partial charge in [0.1, 0.15) is 12.2 Å². The molecule has 5 heteroatoms. The van der Waals surface area contributed by atoms with Crippen molar-refractivity contribution in [1.29, 1.82) is 0 Å². The van der Waals surface area contributed by atoms with Crippen molar-refractivity contribution in [3.05, 3.63) is 0 Å². The third-order valence-corrected chi connectivity index (χ3v) is 4.02. The van der Waals surface area contributed by atoms with Crippen LogP contribution in [0.15, 0.2) is 0 Å². The minimum absolute atomic E-state index is 0.103. The first-order chi connectivity index (χ1) is 12.4. The lowest BCUT2D eigenvalue weighted by Crippen LogP contribution is -2.17. The smallest absolute Gasteiger partial charge is 0.313 e. The molecule has 0 saturated carbocycles. The molecule has 2 unspecified atom stereocenters. The second-order valence-electron chi connectivity index (χ2n) is 6.93. The average Bonchev–Trinajstić information content (AvgIpc) is 2.56. The highest BCUT2D eigenvalue weighted by Crippen LogP contribution is 2.13. The number of ketones is 1. The van der Waals surface area contributed by atoms with Gasteiger partial charge in [0.2, 0.25) is 0 Å². The van der Waals surface area contributed by atoms with E-state index >= 15 is 0 Å². The Kier molecular flexibility index (Phi) is 21.4. The average molecular weight is 375 g/mol.